The van der Waals surface area contributed by atoms with E-state index in [4.69, 9.17) is 4.74 Å². The van der Waals surface area contributed by atoms with Gasteiger partial charge in [0.15, 0.2) is 0 Å². The van der Waals surface area contributed by atoms with Crippen molar-refractivity contribution < 1.29 is 9.53 Å². The van der Waals surface area contributed by atoms with Crippen molar-refractivity contribution in [3.05, 3.63) is 29.8 Å². The van der Waals surface area contributed by atoms with Crippen LogP contribution in [0.3, 0.4) is 0 Å². The van der Waals surface area contributed by atoms with Crippen LogP contribution < -0.4 is 15.4 Å². The number of carbonyl (C=O) groups excluding carboxylic acids is 1. The monoisotopic (exact) mass is 296 g/mol. The molecule has 110 valence electrons. The molecule has 1 aliphatic carbocycles. The van der Waals surface area contributed by atoms with E-state index in [1.54, 1.807) is 0 Å². The molecule has 1 heterocycles. The SMILES string of the molecule is Cl.O=C(CNCC1CC1)NC1COc2ccccc2C1. The minimum Gasteiger partial charge on any atom is -0.491 e. The largest absolute Gasteiger partial charge is 0.491 e. The number of para-hydroxylation sites is 1. The molecule has 1 amide bonds. The summed E-state index contributed by atoms with van der Waals surface area (Å²) in [5.74, 6) is 1.81. The molecule has 4 nitrogen and oxygen atoms in total. The Morgan fingerprint density at radius 2 is 2.10 bits per heavy atom. The number of hydrogen-bond acceptors (Lipinski definition) is 3. The zero-order chi connectivity index (χ0) is 13.1. The van der Waals surface area contributed by atoms with Crippen LogP contribution in [0.15, 0.2) is 24.3 Å². The molecular weight excluding hydrogens is 276 g/mol. The molecule has 2 aliphatic rings. The first-order valence-corrected chi connectivity index (χ1v) is 7.02. The molecular formula is C15H21ClN2O2. The van der Waals surface area contributed by atoms with Crippen molar-refractivity contribution in [1.29, 1.82) is 0 Å². The van der Waals surface area contributed by atoms with Crippen LogP contribution in [0, 0.1) is 5.92 Å². The highest BCUT2D eigenvalue weighted by Crippen LogP contribution is 2.27. The lowest BCUT2D eigenvalue weighted by atomic mass is 10.0. The number of benzene rings is 1. The molecule has 0 bridgehead atoms. The molecule has 1 atom stereocenters. The van der Waals surface area contributed by atoms with Crippen LogP contribution in [0.5, 0.6) is 5.75 Å². The Hall–Kier alpha value is -1.26. The Balaban J connectivity index is 0.00000147. The fourth-order valence-corrected chi connectivity index (χ4v) is 2.41. The van der Waals surface area contributed by atoms with Crippen LogP contribution in [0.1, 0.15) is 18.4 Å². The van der Waals surface area contributed by atoms with Gasteiger partial charge in [-0.25, -0.2) is 0 Å². The zero-order valence-electron chi connectivity index (χ0n) is 11.4. The first kappa shape index (κ1) is 15.1. The van der Waals surface area contributed by atoms with Gasteiger partial charge in [-0.05, 0) is 43.4 Å². The van der Waals surface area contributed by atoms with E-state index >= 15 is 0 Å². The van der Waals surface area contributed by atoms with E-state index < -0.39 is 0 Å². The first-order valence-electron chi connectivity index (χ1n) is 7.02. The van der Waals surface area contributed by atoms with Gasteiger partial charge in [-0.3, -0.25) is 4.79 Å². The predicted molar refractivity (Wildman–Crippen MR) is 80.4 cm³/mol. The average molecular weight is 297 g/mol. The summed E-state index contributed by atoms with van der Waals surface area (Å²) in [7, 11) is 0. The van der Waals surface area contributed by atoms with E-state index in [0.29, 0.717) is 13.2 Å². The minimum atomic E-state index is 0. The van der Waals surface area contributed by atoms with Gasteiger partial charge < -0.3 is 15.4 Å². The maximum atomic E-state index is 11.8. The number of halogens is 1. The Bertz CT molecular complexity index is 463. The Labute approximate surface area is 125 Å². The fourth-order valence-electron chi connectivity index (χ4n) is 2.41. The maximum absolute atomic E-state index is 11.8. The number of nitrogens with one attached hydrogen (secondary N) is 2. The minimum absolute atomic E-state index is 0. The van der Waals surface area contributed by atoms with Gasteiger partial charge in [0.2, 0.25) is 5.91 Å². The van der Waals surface area contributed by atoms with Crippen LogP contribution in [0.25, 0.3) is 0 Å². The number of rotatable bonds is 5. The lowest BCUT2D eigenvalue weighted by molar-refractivity contribution is -0.121. The van der Waals surface area contributed by atoms with E-state index in [-0.39, 0.29) is 24.4 Å². The third kappa shape index (κ3) is 4.12. The molecule has 1 fully saturated rings. The molecule has 1 saturated carbocycles. The van der Waals surface area contributed by atoms with E-state index in [9.17, 15) is 4.79 Å². The highest BCUT2D eigenvalue weighted by Gasteiger charge is 2.22. The average Bonchev–Trinajstić information content (AvgIpc) is 3.23. The van der Waals surface area contributed by atoms with E-state index in [2.05, 4.69) is 16.7 Å². The molecule has 1 aliphatic heterocycles. The molecule has 1 aromatic carbocycles. The molecule has 2 N–H and O–H groups in total. The van der Waals surface area contributed by atoms with Crippen molar-refractivity contribution in [2.45, 2.75) is 25.3 Å². The van der Waals surface area contributed by atoms with Crippen molar-refractivity contribution in [1.82, 2.24) is 10.6 Å². The second-order valence-electron chi connectivity index (χ2n) is 5.46. The quantitative estimate of drug-likeness (QED) is 0.866. The molecule has 1 unspecified atom stereocenters. The number of carbonyl (C=O) groups is 1. The Kier molecular flexibility index (Phi) is 5.26. The second-order valence-corrected chi connectivity index (χ2v) is 5.46. The summed E-state index contributed by atoms with van der Waals surface area (Å²) >= 11 is 0. The van der Waals surface area contributed by atoms with Crippen molar-refractivity contribution >= 4 is 18.3 Å². The predicted octanol–water partition coefficient (Wildman–Crippen LogP) is 1.53. The molecule has 0 radical (unpaired) electrons. The number of fused-ring (bicyclic) bond motifs is 1. The van der Waals surface area contributed by atoms with E-state index in [1.165, 1.54) is 18.4 Å². The third-order valence-electron chi connectivity index (χ3n) is 3.66. The molecule has 0 saturated heterocycles. The van der Waals surface area contributed by atoms with Crippen molar-refractivity contribution in [3.8, 4) is 5.75 Å². The van der Waals surface area contributed by atoms with Crippen LogP contribution in [0.2, 0.25) is 0 Å². The van der Waals surface area contributed by atoms with Crippen LogP contribution >= 0.6 is 12.4 Å². The third-order valence-corrected chi connectivity index (χ3v) is 3.66. The Morgan fingerprint density at radius 3 is 2.90 bits per heavy atom. The van der Waals surface area contributed by atoms with Crippen molar-refractivity contribution in [2.24, 2.45) is 5.92 Å². The summed E-state index contributed by atoms with van der Waals surface area (Å²) in [6.07, 6.45) is 3.47. The van der Waals surface area contributed by atoms with Gasteiger partial charge >= 0.3 is 0 Å². The van der Waals surface area contributed by atoms with Crippen LogP contribution in [0.4, 0.5) is 0 Å². The maximum Gasteiger partial charge on any atom is 0.234 e. The highest BCUT2D eigenvalue weighted by atomic mass is 35.5. The standard InChI is InChI=1S/C15H20N2O2.ClH/c18-15(9-16-8-11-5-6-11)17-13-7-12-3-1-2-4-14(12)19-10-13;/h1-4,11,13,16H,5-10H2,(H,17,18);1H. The number of ether oxygens (including phenoxy) is 1. The lowest BCUT2D eigenvalue weighted by Crippen LogP contribution is -2.46. The van der Waals surface area contributed by atoms with E-state index in [1.807, 2.05) is 18.2 Å². The first-order chi connectivity index (χ1) is 9.31. The lowest BCUT2D eigenvalue weighted by Gasteiger charge is -2.26. The molecule has 20 heavy (non-hydrogen) atoms. The van der Waals surface area contributed by atoms with E-state index in [0.717, 1.165) is 24.6 Å². The van der Waals surface area contributed by atoms with Gasteiger partial charge in [0.25, 0.3) is 0 Å². The molecule has 1 aromatic rings. The molecule has 0 aromatic heterocycles. The smallest absolute Gasteiger partial charge is 0.234 e. The van der Waals surface area contributed by atoms with Gasteiger partial charge in [0.1, 0.15) is 12.4 Å². The molecule has 3 rings (SSSR count). The summed E-state index contributed by atoms with van der Waals surface area (Å²) in [5, 5.41) is 6.23. The Morgan fingerprint density at radius 1 is 1.30 bits per heavy atom. The van der Waals surface area contributed by atoms with Gasteiger partial charge in [0, 0.05) is 0 Å². The van der Waals surface area contributed by atoms with Gasteiger partial charge in [-0.2, -0.15) is 0 Å². The van der Waals surface area contributed by atoms with Crippen LogP contribution in [-0.2, 0) is 11.2 Å². The second kappa shape index (κ2) is 6.95. The van der Waals surface area contributed by atoms with Gasteiger partial charge in [-0.1, -0.05) is 18.2 Å². The van der Waals surface area contributed by atoms with Crippen molar-refractivity contribution in [2.75, 3.05) is 19.7 Å². The van der Waals surface area contributed by atoms with Gasteiger partial charge in [-0.15, -0.1) is 12.4 Å². The zero-order valence-corrected chi connectivity index (χ0v) is 12.2. The fraction of sp³-hybridized carbons (Fsp3) is 0.533. The summed E-state index contributed by atoms with van der Waals surface area (Å²) in [4.78, 5) is 11.8. The number of amides is 1. The summed E-state index contributed by atoms with van der Waals surface area (Å²) in [5.41, 5.74) is 1.17. The summed E-state index contributed by atoms with van der Waals surface area (Å²) < 4.78 is 5.65. The summed E-state index contributed by atoms with van der Waals surface area (Å²) in [6, 6.07) is 8.09. The number of hydrogen-bond donors (Lipinski definition) is 2. The molecule has 0 spiro atoms. The van der Waals surface area contributed by atoms with Crippen LogP contribution in [-0.4, -0.2) is 31.6 Å². The molecule has 5 heteroatoms. The highest BCUT2D eigenvalue weighted by molar-refractivity contribution is 5.85. The van der Waals surface area contributed by atoms with Crippen molar-refractivity contribution in [3.63, 3.8) is 0 Å². The van der Waals surface area contributed by atoms with Gasteiger partial charge in [0.05, 0.1) is 12.6 Å². The normalized spacial score (nSPS) is 20.3. The topological polar surface area (TPSA) is 50.4 Å². The summed E-state index contributed by atoms with van der Waals surface area (Å²) in [6.45, 7) is 1.94.